The van der Waals surface area contributed by atoms with E-state index in [0.29, 0.717) is 29.5 Å². The van der Waals surface area contributed by atoms with Crippen LogP contribution < -0.4 is 15.1 Å². The normalized spacial score (nSPS) is 17.5. The minimum absolute atomic E-state index is 0.120. The number of piperidine rings is 1. The Morgan fingerprint density at radius 2 is 1.97 bits per heavy atom. The van der Waals surface area contributed by atoms with Gasteiger partial charge in [0.2, 0.25) is 5.95 Å². The summed E-state index contributed by atoms with van der Waals surface area (Å²) in [5, 5.41) is 2.82. The number of nitrogens with one attached hydrogen (secondary N) is 1. The van der Waals surface area contributed by atoms with Gasteiger partial charge >= 0.3 is 12.2 Å². The standard InChI is InChI=1S/C29H33F3N6O/c1-4-18(2)10-11-20-15-33-27(34-16-20)36-28(39)38-23-9-6-12-37(17-23)24-13-19(3)25(35-26(24)38)21-7-5-8-22(14-21)29(30,31)32/h5,7-8,13-16,18,23H,4,6,9-12,17H2,1-3H3,(H,33,34,36,39)/t18-,23-/m0/s1. The number of fused-ring (bicyclic) bond motifs is 4. The number of carbonyl (C=O) groups excluding carboxylic acids is 1. The van der Waals surface area contributed by atoms with E-state index in [1.165, 1.54) is 6.07 Å². The topological polar surface area (TPSA) is 74.2 Å². The Kier molecular flexibility index (Phi) is 7.46. The number of anilines is 3. The third kappa shape index (κ3) is 5.69. The Morgan fingerprint density at radius 3 is 2.69 bits per heavy atom. The number of nitrogens with zero attached hydrogens (tertiary/aromatic N) is 5. The van der Waals surface area contributed by atoms with Gasteiger partial charge in [0.15, 0.2) is 5.82 Å². The van der Waals surface area contributed by atoms with Crippen molar-refractivity contribution >= 4 is 23.5 Å². The number of rotatable bonds is 6. The number of hydrogen-bond acceptors (Lipinski definition) is 5. The number of aromatic nitrogens is 3. The first-order valence-electron chi connectivity index (χ1n) is 13.5. The van der Waals surface area contributed by atoms with Crippen LogP contribution in [-0.4, -0.2) is 40.1 Å². The highest BCUT2D eigenvalue weighted by Gasteiger charge is 2.39. The SMILES string of the molecule is CC[C@H](C)CCc1cnc(NC(=O)N2c3nc(-c4cccc(C(F)(F)F)c4)c(C)cc3N3CCC[C@H]2C3)nc1. The van der Waals surface area contributed by atoms with Gasteiger partial charge in [-0.15, -0.1) is 0 Å². The Labute approximate surface area is 226 Å². The molecule has 0 saturated carbocycles. The first-order valence-corrected chi connectivity index (χ1v) is 13.5. The van der Waals surface area contributed by atoms with E-state index < -0.39 is 17.8 Å². The van der Waals surface area contributed by atoms with Gasteiger partial charge in [0.1, 0.15) is 0 Å². The first kappa shape index (κ1) is 26.9. The van der Waals surface area contributed by atoms with Gasteiger partial charge in [-0.05, 0) is 67.9 Å². The Balaban J connectivity index is 1.45. The maximum Gasteiger partial charge on any atom is 0.416 e. The van der Waals surface area contributed by atoms with Crippen LogP contribution in [0, 0.1) is 12.8 Å². The molecule has 2 bridgehead atoms. The fourth-order valence-corrected chi connectivity index (χ4v) is 5.28. The molecule has 2 atom stereocenters. The van der Waals surface area contributed by atoms with E-state index in [9.17, 15) is 18.0 Å². The average Bonchev–Trinajstić information content (AvgIpc) is 2.92. The largest absolute Gasteiger partial charge is 0.416 e. The van der Waals surface area contributed by atoms with Gasteiger partial charge in [0.25, 0.3) is 0 Å². The van der Waals surface area contributed by atoms with Crippen LogP contribution >= 0.6 is 0 Å². The fourth-order valence-electron chi connectivity index (χ4n) is 5.28. The molecule has 1 fully saturated rings. The number of benzene rings is 1. The van der Waals surface area contributed by atoms with Crippen molar-refractivity contribution in [2.75, 3.05) is 28.2 Å². The molecule has 2 amide bonds. The van der Waals surface area contributed by atoms with E-state index in [1.807, 2.05) is 13.0 Å². The van der Waals surface area contributed by atoms with Crippen LogP contribution in [0.15, 0.2) is 42.7 Å². The van der Waals surface area contributed by atoms with Crippen molar-refractivity contribution in [3.63, 3.8) is 0 Å². The van der Waals surface area contributed by atoms with Crippen LogP contribution in [0.5, 0.6) is 0 Å². The van der Waals surface area contributed by atoms with Crippen molar-refractivity contribution in [2.45, 2.75) is 65.1 Å². The van der Waals surface area contributed by atoms with E-state index >= 15 is 0 Å². The fraction of sp³-hybridized carbons (Fsp3) is 0.448. The molecule has 2 aromatic heterocycles. The summed E-state index contributed by atoms with van der Waals surface area (Å²) in [4.78, 5) is 31.0. The third-order valence-electron chi connectivity index (χ3n) is 7.73. The monoisotopic (exact) mass is 538 g/mol. The minimum Gasteiger partial charge on any atom is -0.366 e. The van der Waals surface area contributed by atoms with E-state index in [4.69, 9.17) is 4.98 Å². The van der Waals surface area contributed by atoms with E-state index in [2.05, 4.69) is 34.0 Å². The molecule has 0 spiro atoms. The number of amides is 2. The van der Waals surface area contributed by atoms with E-state index in [0.717, 1.165) is 67.6 Å². The third-order valence-corrected chi connectivity index (χ3v) is 7.73. The number of aryl methyl sites for hydroxylation is 2. The molecule has 1 saturated heterocycles. The Hall–Kier alpha value is -3.69. The van der Waals surface area contributed by atoms with Gasteiger partial charge in [0.05, 0.1) is 23.0 Å². The van der Waals surface area contributed by atoms with Gasteiger partial charge in [-0.3, -0.25) is 10.2 Å². The lowest BCUT2D eigenvalue weighted by Gasteiger charge is -2.46. The molecule has 0 radical (unpaired) electrons. The lowest BCUT2D eigenvalue weighted by Crippen LogP contribution is -2.56. The summed E-state index contributed by atoms with van der Waals surface area (Å²) in [6.07, 6.45) is 3.78. The van der Waals surface area contributed by atoms with Gasteiger partial charge in [-0.1, -0.05) is 32.4 Å². The summed E-state index contributed by atoms with van der Waals surface area (Å²) in [5.41, 5.74) is 2.60. The summed E-state index contributed by atoms with van der Waals surface area (Å²) in [7, 11) is 0. The molecule has 10 heteroatoms. The number of pyridine rings is 1. The molecule has 206 valence electrons. The predicted molar refractivity (Wildman–Crippen MR) is 146 cm³/mol. The van der Waals surface area contributed by atoms with Crippen molar-refractivity contribution in [3.05, 3.63) is 59.4 Å². The molecular formula is C29H33F3N6O. The highest BCUT2D eigenvalue weighted by atomic mass is 19.4. The van der Waals surface area contributed by atoms with Crippen molar-refractivity contribution in [1.82, 2.24) is 15.0 Å². The van der Waals surface area contributed by atoms with Crippen LogP contribution in [0.25, 0.3) is 11.3 Å². The molecule has 39 heavy (non-hydrogen) atoms. The first-order chi connectivity index (χ1) is 18.6. The van der Waals surface area contributed by atoms with Crippen LogP contribution in [-0.2, 0) is 12.6 Å². The zero-order chi connectivity index (χ0) is 27.7. The summed E-state index contributed by atoms with van der Waals surface area (Å²) in [6.45, 7) is 7.72. The summed E-state index contributed by atoms with van der Waals surface area (Å²) in [6, 6.07) is 6.54. The Morgan fingerprint density at radius 1 is 1.21 bits per heavy atom. The molecule has 2 aliphatic heterocycles. The van der Waals surface area contributed by atoms with Gasteiger partial charge in [-0.25, -0.2) is 19.7 Å². The summed E-state index contributed by atoms with van der Waals surface area (Å²) in [5.74, 6) is 1.26. The van der Waals surface area contributed by atoms with Crippen LogP contribution in [0.1, 0.15) is 56.2 Å². The van der Waals surface area contributed by atoms with Gasteiger partial charge in [-0.2, -0.15) is 13.2 Å². The van der Waals surface area contributed by atoms with Crippen molar-refractivity contribution in [1.29, 1.82) is 0 Å². The van der Waals surface area contributed by atoms with E-state index in [-0.39, 0.29) is 12.0 Å². The molecule has 3 aromatic rings. The zero-order valence-electron chi connectivity index (χ0n) is 22.4. The maximum absolute atomic E-state index is 13.6. The molecule has 1 aromatic carbocycles. The molecule has 7 nitrogen and oxygen atoms in total. The van der Waals surface area contributed by atoms with Gasteiger partial charge in [0, 0.05) is 31.0 Å². The molecule has 0 unspecified atom stereocenters. The summed E-state index contributed by atoms with van der Waals surface area (Å²) < 4.78 is 40.2. The molecular weight excluding hydrogens is 505 g/mol. The maximum atomic E-state index is 13.6. The molecule has 2 aliphatic rings. The number of carbonyl (C=O) groups is 1. The van der Waals surface area contributed by atoms with Crippen LogP contribution in [0.2, 0.25) is 0 Å². The number of hydrogen-bond donors (Lipinski definition) is 1. The lowest BCUT2D eigenvalue weighted by molar-refractivity contribution is -0.137. The van der Waals surface area contributed by atoms with Crippen LogP contribution in [0.3, 0.4) is 0 Å². The van der Waals surface area contributed by atoms with Crippen molar-refractivity contribution < 1.29 is 18.0 Å². The second-order valence-electron chi connectivity index (χ2n) is 10.6. The molecule has 4 heterocycles. The molecule has 0 aliphatic carbocycles. The highest BCUT2D eigenvalue weighted by Crippen LogP contribution is 2.41. The Bertz CT molecular complexity index is 1340. The highest BCUT2D eigenvalue weighted by molar-refractivity contribution is 6.04. The van der Waals surface area contributed by atoms with Crippen molar-refractivity contribution in [3.8, 4) is 11.3 Å². The second-order valence-corrected chi connectivity index (χ2v) is 10.6. The van der Waals surface area contributed by atoms with E-state index in [1.54, 1.807) is 23.4 Å². The van der Waals surface area contributed by atoms with Crippen molar-refractivity contribution in [2.24, 2.45) is 5.92 Å². The second kappa shape index (κ2) is 10.8. The van der Waals surface area contributed by atoms with Crippen LogP contribution in [0.4, 0.5) is 35.4 Å². The number of halogens is 3. The number of alkyl halides is 3. The smallest absolute Gasteiger partial charge is 0.366 e. The predicted octanol–water partition coefficient (Wildman–Crippen LogP) is 6.87. The quantitative estimate of drug-likeness (QED) is 0.371. The molecule has 5 rings (SSSR count). The average molecular weight is 539 g/mol. The summed E-state index contributed by atoms with van der Waals surface area (Å²) >= 11 is 0. The lowest BCUT2D eigenvalue weighted by atomic mass is 9.97. The van der Waals surface area contributed by atoms with Gasteiger partial charge < -0.3 is 4.90 Å². The minimum atomic E-state index is -4.46. The molecule has 1 N–H and O–H groups in total. The zero-order valence-corrected chi connectivity index (χ0v) is 22.4. The number of urea groups is 1.